The predicted molar refractivity (Wildman–Crippen MR) is 77.3 cm³/mol. The van der Waals surface area contributed by atoms with Crippen LogP contribution in [0.15, 0.2) is 18.2 Å². The molecule has 1 heterocycles. The molecule has 0 aliphatic carbocycles. The van der Waals surface area contributed by atoms with Gasteiger partial charge in [0.05, 0.1) is 11.7 Å². The molecule has 1 fully saturated rings. The third-order valence-corrected chi connectivity index (χ3v) is 3.64. The fourth-order valence-corrected chi connectivity index (χ4v) is 2.58. The van der Waals surface area contributed by atoms with E-state index in [1.807, 2.05) is 11.8 Å². The van der Waals surface area contributed by atoms with Crippen molar-refractivity contribution in [3.8, 4) is 0 Å². The summed E-state index contributed by atoms with van der Waals surface area (Å²) < 4.78 is 44.5. The summed E-state index contributed by atoms with van der Waals surface area (Å²) in [5.41, 5.74) is 4.99. The molecule has 1 atom stereocenters. The number of nitrogen functional groups attached to an aromatic ring is 1. The molecule has 118 valence electrons. The fourth-order valence-electron chi connectivity index (χ4n) is 2.58. The Balaban J connectivity index is 2.14. The molecule has 1 aromatic carbocycles. The Bertz CT molecular complexity index is 476. The lowest BCUT2D eigenvalue weighted by Crippen LogP contribution is -2.40. The zero-order valence-electron chi connectivity index (χ0n) is 12.1. The summed E-state index contributed by atoms with van der Waals surface area (Å²) in [7, 11) is 0. The van der Waals surface area contributed by atoms with E-state index >= 15 is 0 Å². The minimum atomic E-state index is -4.42. The number of hydrogen-bond donors (Lipinski definition) is 1. The van der Waals surface area contributed by atoms with E-state index in [9.17, 15) is 13.2 Å². The van der Waals surface area contributed by atoms with Gasteiger partial charge in [0.25, 0.3) is 0 Å². The first-order valence-corrected chi connectivity index (χ1v) is 7.25. The summed E-state index contributed by atoms with van der Waals surface area (Å²) in [4.78, 5) is 1.94. The average molecular weight is 302 g/mol. The molecule has 0 saturated carbocycles. The average Bonchev–Trinajstić information content (AvgIpc) is 2.44. The Kier molecular flexibility index (Phi) is 4.98. The van der Waals surface area contributed by atoms with E-state index in [2.05, 4.69) is 0 Å². The van der Waals surface area contributed by atoms with Gasteiger partial charge in [0, 0.05) is 31.1 Å². The van der Waals surface area contributed by atoms with Crippen LogP contribution < -0.4 is 10.6 Å². The standard InChI is InChI=1S/C15H21F3N2O/c1-2-8-21-12-4-3-7-20(10-12)11-5-6-14(19)13(9-11)15(16,17)18/h5-6,9,12H,2-4,7-8,10,19H2,1H3. The molecule has 1 aromatic rings. The predicted octanol–water partition coefficient (Wildman–Crippen LogP) is 3.68. The lowest BCUT2D eigenvalue weighted by Gasteiger charge is -2.34. The minimum absolute atomic E-state index is 0.0885. The number of piperidine rings is 1. The van der Waals surface area contributed by atoms with E-state index in [4.69, 9.17) is 10.5 Å². The molecule has 1 saturated heterocycles. The van der Waals surface area contributed by atoms with Gasteiger partial charge in [-0.3, -0.25) is 0 Å². The third-order valence-electron chi connectivity index (χ3n) is 3.64. The molecular formula is C15H21F3N2O. The molecule has 2 rings (SSSR count). The van der Waals surface area contributed by atoms with Gasteiger partial charge < -0.3 is 15.4 Å². The maximum Gasteiger partial charge on any atom is 0.418 e. The van der Waals surface area contributed by atoms with Gasteiger partial charge in [-0.1, -0.05) is 6.92 Å². The van der Waals surface area contributed by atoms with E-state index in [1.54, 1.807) is 6.07 Å². The topological polar surface area (TPSA) is 38.5 Å². The Morgan fingerprint density at radius 3 is 2.81 bits per heavy atom. The minimum Gasteiger partial charge on any atom is -0.398 e. The number of hydrogen-bond acceptors (Lipinski definition) is 3. The van der Waals surface area contributed by atoms with Crippen LogP contribution in [0.25, 0.3) is 0 Å². The third kappa shape index (κ3) is 4.03. The molecule has 1 unspecified atom stereocenters. The Hall–Kier alpha value is -1.43. The number of nitrogens with zero attached hydrogens (tertiary/aromatic N) is 1. The summed E-state index contributed by atoms with van der Waals surface area (Å²) in [5.74, 6) is 0. The Morgan fingerprint density at radius 2 is 2.14 bits per heavy atom. The van der Waals surface area contributed by atoms with Crippen molar-refractivity contribution in [2.75, 3.05) is 30.3 Å². The van der Waals surface area contributed by atoms with Gasteiger partial charge in [0.2, 0.25) is 0 Å². The zero-order valence-corrected chi connectivity index (χ0v) is 12.1. The molecule has 0 aromatic heterocycles. The van der Waals surface area contributed by atoms with Crippen LogP contribution >= 0.6 is 0 Å². The second-order valence-corrected chi connectivity index (χ2v) is 5.35. The molecule has 6 heteroatoms. The van der Waals surface area contributed by atoms with Crippen molar-refractivity contribution in [2.24, 2.45) is 0 Å². The van der Waals surface area contributed by atoms with Crippen LogP contribution in [-0.4, -0.2) is 25.8 Å². The van der Waals surface area contributed by atoms with Crippen LogP contribution in [0.3, 0.4) is 0 Å². The maximum absolute atomic E-state index is 12.9. The summed E-state index contributed by atoms with van der Waals surface area (Å²) in [6.45, 7) is 4.10. The summed E-state index contributed by atoms with van der Waals surface area (Å²) in [5, 5.41) is 0. The lowest BCUT2D eigenvalue weighted by molar-refractivity contribution is -0.136. The highest BCUT2D eigenvalue weighted by Gasteiger charge is 2.34. The first kappa shape index (κ1) is 15.9. The number of benzene rings is 1. The second-order valence-electron chi connectivity index (χ2n) is 5.35. The van der Waals surface area contributed by atoms with E-state index in [0.29, 0.717) is 18.8 Å². The Labute approximate surface area is 122 Å². The van der Waals surface area contributed by atoms with Crippen molar-refractivity contribution in [1.29, 1.82) is 0 Å². The molecular weight excluding hydrogens is 281 g/mol. The van der Waals surface area contributed by atoms with Crippen molar-refractivity contribution in [3.05, 3.63) is 23.8 Å². The van der Waals surface area contributed by atoms with Gasteiger partial charge in [-0.15, -0.1) is 0 Å². The number of nitrogens with two attached hydrogens (primary N) is 1. The summed E-state index contributed by atoms with van der Waals surface area (Å²) in [6, 6.07) is 4.11. The lowest BCUT2D eigenvalue weighted by atomic mass is 10.1. The highest BCUT2D eigenvalue weighted by atomic mass is 19.4. The quantitative estimate of drug-likeness (QED) is 0.862. The van der Waals surface area contributed by atoms with Crippen molar-refractivity contribution in [2.45, 2.75) is 38.5 Å². The van der Waals surface area contributed by atoms with Crippen LogP contribution in [0.2, 0.25) is 0 Å². The van der Waals surface area contributed by atoms with Gasteiger partial charge in [-0.05, 0) is 37.5 Å². The van der Waals surface area contributed by atoms with Gasteiger partial charge in [0.1, 0.15) is 0 Å². The number of anilines is 2. The largest absolute Gasteiger partial charge is 0.418 e. The summed E-state index contributed by atoms with van der Waals surface area (Å²) in [6.07, 6.45) is -1.52. The molecule has 0 spiro atoms. The van der Waals surface area contributed by atoms with Crippen molar-refractivity contribution in [3.63, 3.8) is 0 Å². The Morgan fingerprint density at radius 1 is 1.38 bits per heavy atom. The second kappa shape index (κ2) is 6.56. The molecule has 1 aliphatic heterocycles. The molecule has 1 aliphatic rings. The van der Waals surface area contributed by atoms with E-state index in [0.717, 1.165) is 31.9 Å². The van der Waals surface area contributed by atoms with Gasteiger partial charge >= 0.3 is 6.18 Å². The van der Waals surface area contributed by atoms with Crippen LogP contribution in [-0.2, 0) is 10.9 Å². The maximum atomic E-state index is 12.9. The van der Waals surface area contributed by atoms with Crippen LogP contribution in [0.4, 0.5) is 24.5 Å². The highest BCUT2D eigenvalue weighted by Crippen LogP contribution is 2.36. The smallest absolute Gasteiger partial charge is 0.398 e. The fraction of sp³-hybridized carbons (Fsp3) is 0.600. The number of alkyl halides is 3. The first-order chi connectivity index (χ1) is 9.91. The van der Waals surface area contributed by atoms with Gasteiger partial charge in [-0.25, -0.2) is 0 Å². The van der Waals surface area contributed by atoms with Crippen LogP contribution in [0, 0.1) is 0 Å². The van der Waals surface area contributed by atoms with Crippen molar-refractivity contribution < 1.29 is 17.9 Å². The molecule has 21 heavy (non-hydrogen) atoms. The molecule has 2 N–H and O–H groups in total. The number of ether oxygens (including phenoxy) is 1. The first-order valence-electron chi connectivity index (χ1n) is 7.25. The van der Waals surface area contributed by atoms with Crippen LogP contribution in [0.1, 0.15) is 31.7 Å². The van der Waals surface area contributed by atoms with Crippen molar-refractivity contribution in [1.82, 2.24) is 0 Å². The zero-order chi connectivity index (χ0) is 15.5. The highest BCUT2D eigenvalue weighted by molar-refractivity contribution is 5.59. The molecule has 3 nitrogen and oxygen atoms in total. The van der Waals surface area contributed by atoms with E-state index in [-0.39, 0.29) is 11.8 Å². The van der Waals surface area contributed by atoms with Gasteiger partial charge in [-0.2, -0.15) is 13.2 Å². The summed E-state index contributed by atoms with van der Waals surface area (Å²) >= 11 is 0. The van der Waals surface area contributed by atoms with Gasteiger partial charge in [0.15, 0.2) is 0 Å². The van der Waals surface area contributed by atoms with Crippen molar-refractivity contribution >= 4 is 11.4 Å². The SMILES string of the molecule is CCCOC1CCCN(c2ccc(N)c(C(F)(F)F)c2)C1. The van der Waals surface area contributed by atoms with Crippen LogP contribution in [0.5, 0.6) is 0 Å². The monoisotopic (exact) mass is 302 g/mol. The molecule has 0 bridgehead atoms. The normalized spacial score (nSPS) is 19.8. The van der Waals surface area contributed by atoms with E-state index in [1.165, 1.54) is 6.07 Å². The number of rotatable bonds is 4. The van der Waals surface area contributed by atoms with E-state index < -0.39 is 11.7 Å². The number of halogens is 3. The molecule has 0 radical (unpaired) electrons. The molecule has 0 amide bonds.